The van der Waals surface area contributed by atoms with E-state index in [1.54, 1.807) is 18.3 Å². The van der Waals surface area contributed by atoms with Gasteiger partial charge >= 0.3 is 0 Å². The number of nitrogens with zero attached hydrogens (tertiary/aromatic N) is 3. The summed E-state index contributed by atoms with van der Waals surface area (Å²) in [5, 5.41) is 11.7. The largest absolute Gasteiger partial charge is 0.409 e. The van der Waals surface area contributed by atoms with Crippen molar-refractivity contribution in [1.82, 2.24) is 4.98 Å². The standard InChI is InChI=1S/C14H16N4O/c1-10-4-3-5-12(8-10)18(2)13-9-11(6-7-16-13)14(15)17-19/h3-9,19H,1-2H3,(H2,15,17). The summed E-state index contributed by atoms with van der Waals surface area (Å²) in [6.45, 7) is 2.04. The number of anilines is 2. The summed E-state index contributed by atoms with van der Waals surface area (Å²) >= 11 is 0. The zero-order chi connectivity index (χ0) is 13.8. The number of rotatable bonds is 3. The van der Waals surface area contributed by atoms with E-state index in [1.165, 1.54) is 5.56 Å². The lowest BCUT2D eigenvalue weighted by molar-refractivity contribution is 0.318. The maximum absolute atomic E-state index is 8.70. The van der Waals surface area contributed by atoms with Crippen molar-refractivity contribution in [2.45, 2.75) is 6.92 Å². The molecule has 0 atom stereocenters. The SMILES string of the molecule is Cc1cccc(N(C)c2cc(C(N)=NO)ccn2)c1. The molecule has 0 saturated carbocycles. The van der Waals surface area contributed by atoms with Gasteiger partial charge in [0.15, 0.2) is 5.84 Å². The molecule has 2 aromatic rings. The fourth-order valence-corrected chi connectivity index (χ4v) is 1.79. The Kier molecular flexibility index (Phi) is 3.66. The van der Waals surface area contributed by atoms with Crippen LogP contribution in [0, 0.1) is 6.92 Å². The minimum atomic E-state index is 0.0706. The Morgan fingerprint density at radius 1 is 1.32 bits per heavy atom. The first-order valence-electron chi connectivity index (χ1n) is 5.86. The van der Waals surface area contributed by atoms with Crippen LogP contribution in [0.1, 0.15) is 11.1 Å². The van der Waals surface area contributed by atoms with Gasteiger partial charge in [-0.3, -0.25) is 0 Å². The van der Waals surface area contributed by atoms with Gasteiger partial charge in [-0.15, -0.1) is 0 Å². The van der Waals surface area contributed by atoms with E-state index in [1.807, 2.05) is 37.1 Å². The Morgan fingerprint density at radius 2 is 2.11 bits per heavy atom. The van der Waals surface area contributed by atoms with Crippen LogP contribution in [0.2, 0.25) is 0 Å². The van der Waals surface area contributed by atoms with Gasteiger partial charge in [0, 0.05) is 24.5 Å². The van der Waals surface area contributed by atoms with Crippen LogP contribution in [0.15, 0.2) is 47.8 Å². The number of benzene rings is 1. The van der Waals surface area contributed by atoms with Gasteiger partial charge in [0.2, 0.25) is 0 Å². The highest BCUT2D eigenvalue weighted by Gasteiger charge is 2.08. The summed E-state index contributed by atoms with van der Waals surface area (Å²) in [5.74, 6) is 0.802. The monoisotopic (exact) mass is 256 g/mol. The first-order chi connectivity index (χ1) is 9.11. The molecule has 0 aliphatic rings. The third-order valence-electron chi connectivity index (χ3n) is 2.88. The molecule has 3 N–H and O–H groups in total. The van der Waals surface area contributed by atoms with Gasteiger partial charge in [0.25, 0.3) is 0 Å². The van der Waals surface area contributed by atoms with Crippen molar-refractivity contribution < 1.29 is 5.21 Å². The summed E-state index contributed by atoms with van der Waals surface area (Å²) in [6.07, 6.45) is 1.63. The Hall–Kier alpha value is -2.56. The van der Waals surface area contributed by atoms with E-state index in [0.29, 0.717) is 5.56 Å². The minimum Gasteiger partial charge on any atom is -0.409 e. The van der Waals surface area contributed by atoms with Crippen LogP contribution in [-0.2, 0) is 0 Å². The summed E-state index contributed by atoms with van der Waals surface area (Å²) in [5.41, 5.74) is 8.42. The lowest BCUT2D eigenvalue weighted by Gasteiger charge is -2.19. The highest BCUT2D eigenvalue weighted by atomic mass is 16.4. The number of oxime groups is 1. The molecule has 0 spiro atoms. The smallest absolute Gasteiger partial charge is 0.170 e. The molecule has 19 heavy (non-hydrogen) atoms. The third kappa shape index (κ3) is 2.82. The molecule has 0 unspecified atom stereocenters. The quantitative estimate of drug-likeness (QED) is 0.382. The predicted molar refractivity (Wildman–Crippen MR) is 76.0 cm³/mol. The van der Waals surface area contributed by atoms with Gasteiger partial charge in [-0.05, 0) is 36.8 Å². The average Bonchev–Trinajstić information content (AvgIpc) is 2.45. The molecule has 1 heterocycles. The second kappa shape index (κ2) is 5.39. The van der Waals surface area contributed by atoms with E-state index in [0.717, 1.165) is 11.5 Å². The molecule has 0 bridgehead atoms. The van der Waals surface area contributed by atoms with Crippen LogP contribution < -0.4 is 10.6 Å². The molecule has 5 nitrogen and oxygen atoms in total. The maximum Gasteiger partial charge on any atom is 0.170 e. The van der Waals surface area contributed by atoms with Gasteiger partial charge in [0.1, 0.15) is 5.82 Å². The molecule has 0 amide bonds. The Balaban J connectivity index is 2.36. The van der Waals surface area contributed by atoms with Gasteiger partial charge in [-0.2, -0.15) is 0 Å². The van der Waals surface area contributed by atoms with Crippen molar-refractivity contribution in [3.05, 3.63) is 53.7 Å². The molecule has 0 radical (unpaired) electrons. The van der Waals surface area contributed by atoms with E-state index in [-0.39, 0.29) is 5.84 Å². The Bertz CT molecular complexity index is 610. The molecule has 1 aromatic heterocycles. The molecular formula is C14H16N4O. The third-order valence-corrected chi connectivity index (χ3v) is 2.88. The highest BCUT2D eigenvalue weighted by molar-refractivity contribution is 5.97. The van der Waals surface area contributed by atoms with Gasteiger partial charge < -0.3 is 15.8 Å². The fourth-order valence-electron chi connectivity index (χ4n) is 1.79. The Morgan fingerprint density at radius 3 is 2.79 bits per heavy atom. The topological polar surface area (TPSA) is 74.7 Å². The van der Waals surface area contributed by atoms with Crippen LogP contribution in [0.4, 0.5) is 11.5 Å². The molecule has 5 heteroatoms. The second-order valence-electron chi connectivity index (χ2n) is 4.29. The number of nitrogens with two attached hydrogens (primary N) is 1. The van der Waals surface area contributed by atoms with Crippen LogP contribution in [0.3, 0.4) is 0 Å². The Labute approximate surface area is 112 Å². The van der Waals surface area contributed by atoms with E-state index in [9.17, 15) is 0 Å². The maximum atomic E-state index is 8.70. The van der Waals surface area contributed by atoms with Crippen molar-refractivity contribution in [3.8, 4) is 0 Å². The molecule has 0 fully saturated rings. The van der Waals surface area contributed by atoms with Gasteiger partial charge in [-0.25, -0.2) is 4.98 Å². The molecule has 0 aliphatic heterocycles. The van der Waals surface area contributed by atoms with Crippen LogP contribution in [-0.4, -0.2) is 23.1 Å². The van der Waals surface area contributed by atoms with Crippen molar-refractivity contribution in [2.24, 2.45) is 10.9 Å². The number of hydrogen-bond acceptors (Lipinski definition) is 4. The van der Waals surface area contributed by atoms with Crippen LogP contribution in [0.5, 0.6) is 0 Å². The summed E-state index contributed by atoms with van der Waals surface area (Å²) in [4.78, 5) is 6.24. The molecule has 2 rings (SSSR count). The first kappa shape index (κ1) is 12.9. The normalized spacial score (nSPS) is 11.4. The number of aromatic nitrogens is 1. The van der Waals surface area contributed by atoms with Crippen LogP contribution >= 0.6 is 0 Å². The van der Waals surface area contributed by atoms with E-state index in [4.69, 9.17) is 10.9 Å². The summed E-state index contributed by atoms with van der Waals surface area (Å²) < 4.78 is 0. The van der Waals surface area contributed by atoms with Crippen molar-refractivity contribution in [2.75, 3.05) is 11.9 Å². The predicted octanol–water partition coefficient (Wildman–Crippen LogP) is 2.25. The zero-order valence-corrected chi connectivity index (χ0v) is 10.9. The molecular weight excluding hydrogens is 240 g/mol. The zero-order valence-electron chi connectivity index (χ0n) is 10.9. The summed E-state index contributed by atoms with van der Waals surface area (Å²) in [6, 6.07) is 11.6. The van der Waals surface area contributed by atoms with E-state index >= 15 is 0 Å². The lowest BCUT2D eigenvalue weighted by Crippen LogP contribution is -2.16. The number of amidine groups is 1. The fraction of sp³-hybridized carbons (Fsp3) is 0.143. The minimum absolute atomic E-state index is 0.0706. The van der Waals surface area contributed by atoms with Gasteiger partial charge in [-0.1, -0.05) is 17.3 Å². The number of aryl methyl sites for hydroxylation is 1. The second-order valence-corrected chi connectivity index (χ2v) is 4.29. The highest BCUT2D eigenvalue weighted by Crippen LogP contribution is 2.22. The molecule has 0 aliphatic carbocycles. The van der Waals surface area contributed by atoms with E-state index < -0.39 is 0 Å². The molecule has 98 valence electrons. The summed E-state index contributed by atoms with van der Waals surface area (Å²) in [7, 11) is 1.92. The number of pyridine rings is 1. The molecule has 1 aromatic carbocycles. The van der Waals surface area contributed by atoms with E-state index in [2.05, 4.69) is 16.2 Å². The van der Waals surface area contributed by atoms with Crippen molar-refractivity contribution in [3.63, 3.8) is 0 Å². The average molecular weight is 256 g/mol. The van der Waals surface area contributed by atoms with Crippen molar-refractivity contribution in [1.29, 1.82) is 0 Å². The van der Waals surface area contributed by atoms with Crippen LogP contribution in [0.25, 0.3) is 0 Å². The molecule has 0 saturated heterocycles. The first-order valence-corrected chi connectivity index (χ1v) is 5.86. The number of hydrogen-bond donors (Lipinski definition) is 2. The van der Waals surface area contributed by atoms with Gasteiger partial charge in [0.05, 0.1) is 0 Å². The lowest BCUT2D eigenvalue weighted by atomic mass is 10.2. The van der Waals surface area contributed by atoms with Crippen molar-refractivity contribution >= 4 is 17.3 Å².